The Bertz CT molecular complexity index is 826. The van der Waals surface area contributed by atoms with Crippen LogP contribution in [0.15, 0.2) is 23.3 Å². The van der Waals surface area contributed by atoms with E-state index in [1.165, 1.54) is 6.92 Å². The van der Waals surface area contributed by atoms with Gasteiger partial charge in [0.2, 0.25) is 5.12 Å². The van der Waals surface area contributed by atoms with Crippen molar-refractivity contribution in [1.29, 1.82) is 0 Å². The van der Waals surface area contributed by atoms with Crippen molar-refractivity contribution < 1.29 is 27.9 Å². The Labute approximate surface area is 173 Å². The fourth-order valence-corrected chi connectivity index (χ4v) is 7.67. The summed E-state index contributed by atoms with van der Waals surface area (Å²) in [4.78, 5) is 24.9. The lowest BCUT2D eigenvalue weighted by Gasteiger charge is -2.62. The van der Waals surface area contributed by atoms with Crippen molar-refractivity contribution in [2.45, 2.75) is 64.4 Å². The standard InChI is InChI=1S/C22H27F3O3S/c1-11-4-13-14-7-17(24)15-5-12(26)6-16(19(28)29-10-23)21(15,3)22(14,25)18(27)9-20(13,2)8-11/h5-6,11,13-14,17-18,27H,4,7-10H2,1-3H3/t11?,13-,14-,17?,18?,20-,21+,22-/m0/s1. The van der Waals surface area contributed by atoms with Crippen LogP contribution in [0.1, 0.15) is 46.5 Å². The number of aliphatic hydroxyl groups excluding tert-OH is 1. The molecule has 3 nitrogen and oxygen atoms in total. The van der Waals surface area contributed by atoms with Crippen LogP contribution >= 0.6 is 11.8 Å². The first kappa shape index (κ1) is 21.2. The van der Waals surface area contributed by atoms with Gasteiger partial charge >= 0.3 is 0 Å². The molecule has 8 atom stereocenters. The van der Waals surface area contributed by atoms with Crippen LogP contribution in [-0.2, 0) is 9.59 Å². The Hall–Kier alpha value is -1.08. The molecule has 29 heavy (non-hydrogen) atoms. The maximum absolute atomic E-state index is 17.2. The number of halogens is 3. The molecule has 160 valence electrons. The summed E-state index contributed by atoms with van der Waals surface area (Å²) in [6.07, 6.45) is 0.768. The summed E-state index contributed by atoms with van der Waals surface area (Å²) < 4.78 is 45.5. The molecule has 0 aromatic rings. The normalized spacial score (nSPS) is 48.9. The minimum absolute atomic E-state index is 0.0970. The minimum Gasteiger partial charge on any atom is -0.390 e. The first-order valence-corrected chi connectivity index (χ1v) is 11.2. The van der Waals surface area contributed by atoms with Gasteiger partial charge < -0.3 is 5.11 Å². The van der Waals surface area contributed by atoms with Gasteiger partial charge in [-0.25, -0.2) is 13.2 Å². The van der Waals surface area contributed by atoms with Crippen molar-refractivity contribution in [2.24, 2.45) is 28.6 Å². The molecule has 0 amide bonds. The molecule has 3 saturated carbocycles. The molecule has 0 bridgehead atoms. The highest BCUT2D eigenvalue weighted by Gasteiger charge is 2.73. The predicted molar refractivity (Wildman–Crippen MR) is 105 cm³/mol. The highest BCUT2D eigenvalue weighted by Crippen LogP contribution is 2.70. The third kappa shape index (κ3) is 2.68. The van der Waals surface area contributed by atoms with Crippen molar-refractivity contribution in [3.8, 4) is 0 Å². The van der Waals surface area contributed by atoms with Gasteiger partial charge in [-0.15, -0.1) is 0 Å². The third-order valence-electron chi connectivity index (χ3n) is 8.21. The number of fused-ring (bicyclic) bond motifs is 5. The molecule has 0 radical (unpaired) electrons. The smallest absolute Gasteiger partial charge is 0.218 e. The molecule has 4 aliphatic carbocycles. The topological polar surface area (TPSA) is 54.4 Å². The Morgan fingerprint density at radius 1 is 1.24 bits per heavy atom. The van der Waals surface area contributed by atoms with E-state index < -0.39 is 46.2 Å². The van der Waals surface area contributed by atoms with E-state index >= 15 is 8.78 Å². The van der Waals surface area contributed by atoms with E-state index in [2.05, 4.69) is 6.92 Å². The Morgan fingerprint density at radius 3 is 2.59 bits per heavy atom. The van der Waals surface area contributed by atoms with Crippen LogP contribution in [0.25, 0.3) is 0 Å². The highest BCUT2D eigenvalue weighted by molar-refractivity contribution is 8.14. The fourth-order valence-electron chi connectivity index (χ4n) is 7.16. The number of ketones is 1. The number of carbonyl (C=O) groups excluding carboxylic acids is 2. The molecule has 7 heteroatoms. The number of aliphatic hydroxyl groups is 1. The van der Waals surface area contributed by atoms with E-state index in [4.69, 9.17) is 0 Å². The van der Waals surface area contributed by atoms with Crippen molar-refractivity contribution in [3.05, 3.63) is 23.3 Å². The molecule has 3 unspecified atom stereocenters. The van der Waals surface area contributed by atoms with Gasteiger partial charge in [-0.05, 0) is 79.3 Å². The van der Waals surface area contributed by atoms with E-state index in [0.29, 0.717) is 17.7 Å². The molecule has 4 aliphatic rings. The summed E-state index contributed by atoms with van der Waals surface area (Å²) in [5, 5.41) is 10.3. The molecular formula is C22H27F3O3S. The second-order valence-electron chi connectivity index (χ2n) is 9.83. The van der Waals surface area contributed by atoms with Gasteiger partial charge in [0.05, 0.1) is 11.5 Å². The van der Waals surface area contributed by atoms with Gasteiger partial charge in [-0.2, -0.15) is 0 Å². The van der Waals surface area contributed by atoms with Crippen molar-refractivity contribution in [2.75, 3.05) is 6.01 Å². The van der Waals surface area contributed by atoms with Crippen LogP contribution in [0.4, 0.5) is 13.2 Å². The Kier molecular flexibility index (Phi) is 4.90. The number of carbonyl (C=O) groups is 2. The summed E-state index contributed by atoms with van der Waals surface area (Å²) in [5.74, 6) is -1.16. The van der Waals surface area contributed by atoms with Crippen LogP contribution in [0, 0.1) is 28.6 Å². The van der Waals surface area contributed by atoms with Gasteiger partial charge in [0.25, 0.3) is 0 Å². The molecule has 1 N–H and O–H groups in total. The van der Waals surface area contributed by atoms with E-state index in [1.54, 1.807) is 0 Å². The lowest BCUT2D eigenvalue weighted by Crippen LogP contribution is -2.69. The lowest BCUT2D eigenvalue weighted by molar-refractivity contribution is -0.198. The Balaban J connectivity index is 1.90. The van der Waals surface area contributed by atoms with Crippen LogP contribution < -0.4 is 0 Å². The summed E-state index contributed by atoms with van der Waals surface area (Å²) in [5.41, 5.74) is -4.71. The average Bonchev–Trinajstić information content (AvgIpc) is 2.93. The maximum Gasteiger partial charge on any atom is 0.218 e. The largest absolute Gasteiger partial charge is 0.390 e. The van der Waals surface area contributed by atoms with Crippen LogP contribution in [0.3, 0.4) is 0 Å². The monoisotopic (exact) mass is 428 g/mol. The number of thioether (sulfide) groups is 1. The molecule has 3 fully saturated rings. The summed E-state index contributed by atoms with van der Waals surface area (Å²) in [6, 6.07) is -1.03. The van der Waals surface area contributed by atoms with E-state index in [9.17, 15) is 19.1 Å². The summed E-state index contributed by atoms with van der Waals surface area (Å²) in [7, 11) is 0. The number of alkyl halides is 3. The molecular weight excluding hydrogens is 401 g/mol. The molecule has 0 aliphatic heterocycles. The third-order valence-corrected chi connectivity index (χ3v) is 8.80. The van der Waals surface area contributed by atoms with E-state index in [1.807, 2.05) is 6.92 Å². The zero-order valence-corrected chi connectivity index (χ0v) is 17.7. The molecule has 0 saturated heterocycles. The molecule has 4 rings (SSSR count). The van der Waals surface area contributed by atoms with Gasteiger partial charge in [0, 0.05) is 11.5 Å². The number of hydrogen-bond acceptors (Lipinski definition) is 4. The van der Waals surface area contributed by atoms with E-state index in [0.717, 1.165) is 25.0 Å². The van der Waals surface area contributed by atoms with Crippen LogP contribution in [-0.4, -0.2) is 40.0 Å². The van der Waals surface area contributed by atoms with Crippen LogP contribution in [0.5, 0.6) is 0 Å². The van der Waals surface area contributed by atoms with Gasteiger partial charge in [-0.3, -0.25) is 9.59 Å². The maximum atomic E-state index is 17.2. The minimum atomic E-state index is -2.30. The number of allylic oxidation sites excluding steroid dienone is 3. The first-order chi connectivity index (χ1) is 13.5. The first-order valence-electron chi connectivity index (χ1n) is 10.2. The van der Waals surface area contributed by atoms with Gasteiger partial charge in [0.1, 0.15) is 12.2 Å². The molecule has 0 aromatic carbocycles. The second kappa shape index (κ2) is 6.71. The fraction of sp³-hybridized carbons (Fsp3) is 0.727. The van der Waals surface area contributed by atoms with Crippen molar-refractivity contribution in [1.82, 2.24) is 0 Å². The number of rotatable bonds is 2. The second-order valence-corrected chi connectivity index (χ2v) is 10.7. The SMILES string of the molecule is CC1C[C@H]2[C@@H]3CC(F)C4=CC(=O)C=C(C(=O)SCF)[C@]4(C)[C@@]3(F)C(O)C[C@]2(C)C1. The van der Waals surface area contributed by atoms with Crippen molar-refractivity contribution in [3.63, 3.8) is 0 Å². The molecule has 0 heterocycles. The predicted octanol–water partition coefficient (Wildman–Crippen LogP) is 4.50. The molecule has 0 spiro atoms. The highest BCUT2D eigenvalue weighted by atomic mass is 32.2. The summed E-state index contributed by atoms with van der Waals surface area (Å²) >= 11 is 0.330. The lowest BCUT2D eigenvalue weighted by atomic mass is 9.44. The van der Waals surface area contributed by atoms with Crippen molar-refractivity contribution >= 4 is 22.7 Å². The van der Waals surface area contributed by atoms with E-state index in [-0.39, 0.29) is 35.3 Å². The average molecular weight is 429 g/mol. The molecule has 0 aromatic heterocycles. The summed E-state index contributed by atoms with van der Waals surface area (Å²) in [6.45, 7) is 5.54. The Morgan fingerprint density at radius 2 is 1.93 bits per heavy atom. The number of hydrogen-bond donors (Lipinski definition) is 1. The zero-order chi connectivity index (χ0) is 21.4. The quantitative estimate of drug-likeness (QED) is 0.704. The zero-order valence-electron chi connectivity index (χ0n) is 16.9. The van der Waals surface area contributed by atoms with Gasteiger partial charge in [0.15, 0.2) is 11.5 Å². The van der Waals surface area contributed by atoms with Gasteiger partial charge in [-0.1, -0.05) is 13.8 Å². The van der Waals surface area contributed by atoms with Crippen LogP contribution in [0.2, 0.25) is 0 Å².